The fourth-order valence-electron chi connectivity index (χ4n) is 3.78. The zero-order valence-electron chi connectivity index (χ0n) is 18.7. The first-order chi connectivity index (χ1) is 16.0. The van der Waals surface area contributed by atoms with Crippen LogP contribution in [0.2, 0.25) is 0 Å². The van der Waals surface area contributed by atoms with Gasteiger partial charge in [-0.3, -0.25) is 4.79 Å². The molecule has 0 radical (unpaired) electrons. The van der Waals surface area contributed by atoms with Crippen LogP contribution in [0.15, 0.2) is 77.8 Å². The molecule has 7 heteroatoms. The Morgan fingerprint density at radius 3 is 2.42 bits per heavy atom. The highest BCUT2D eigenvalue weighted by molar-refractivity contribution is 6.22. The van der Waals surface area contributed by atoms with E-state index >= 15 is 0 Å². The van der Waals surface area contributed by atoms with Crippen LogP contribution in [0.5, 0.6) is 5.88 Å². The Labute approximate surface area is 192 Å². The molecule has 0 unspecified atom stereocenters. The van der Waals surface area contributed by atoms with Crippen LogP contribution >= 0.6 is 0 Å². The molecule has 1 amide bonds. The van der Waals surface area contributed by atoms with Crippen molar-refractivity contribution in [2.45, 2.75) is 6.54 Å². The summed E-state index contributed by atoms with van der Waals surface area (Å²) in [6.45, 7) is 0.884. The van der Waals surface area contributed by atoms with Crippen LogP contribution in [0.3, 0.4) is 0 Å². The molecule has 0 atom stereocenters. The van der Waals surface area contributed by atoms with Crippen molar-refractivity contribution in [2.75, 3.05) is 20.8 Å². The van der Waals surface area contributed by atoms with E-state index in [1.165, 1.54) is 5.56 Å². The molecule has 0 fully saturated rings. The van der Waals surface area contributed by atoms with Crippen LogP contribution in [0, 0.1) is 0 Å². The fourth-order valence-corrected chi connectivity index (χ4v) is 3.78. The van der Waals surface area contributed by atoms with Gasteiger partial charge in [-0.1, -0.05) is 42.5 Å². The summed E-state index contributed by atoms with van der Waals surface area (Å²) in [7, 11) is 4.06. The molecule has 5 N–H and O–H groups in total. The zero-order chi connectivity index (χ0) is 23.4. The van der Waals surface area contributed by atoms with Gasteiger partial charge in [0, 0.05) is 28.6 Å². The average Bonchev–Trinajstić information content (AvgIpc) is 3.13. The van der Waals surface area contributed by atoms with E-state index in [0.717, 1.165) is 17.8 Å². The first kappa shape index (κ1) is 22.3. The van der Waals surface area contributed by atoms with Gasteiger partial charge in [-0.25, -0.2) is 4.99 Å². The van der Waals surface area contributed by atoms with Gasteiger partial charge in [0.2, 0.25) is 0 Å². The predicted molar refractivity (Wildman–Crippen MR) is 132 cm³/mol. The first-order valence-corrected chi connectivity index (χ1v) is 10.7. The Morgan fingerprint density at radius 1 is 1.03 bits per heavy atom. The lowest BCUT2D eigenvalue weighted by Gasteiger charge is -2.11. The molecule has 0 bridgehead atoms. The third kappa shape index (κ3) is 4.95. The van der Waals surface area contributed by atoms with E-state index in [-0.39, 0.29) is 18.5 Å². The maximum Gasteiger partial charge on any atom is 0.252 e. The van der Waals surface area contributed by atoms with Crippen LogP contribution in [-0.2, 0) is 6.54 Å². The van der Waals surface area contributed by atoms with Gasteiger partial charge in [-0.15, -0.1) is 0 Å². The molecule has 4 rings (SSSR count). The van der Waals surface area contributed by atoms with Crippen molar-refractivity contribution >= 4 is 28.2 Å². The number of benzene rings is 3. The number of carbonyl (C=O) groups excluding carboxylic acids is 1. The number of rotatable bonds is 7. The fraction of sp³-hybridized carbons (Fsp3) is 0.154. The molecular formula is C26H27N5O2. The lowest BCUT2D eigenvalue weighted by molar-refractivity contribution is 0.0955. The second kappa shape index (κ2) is 9.68. The van der Waals surface area contributed by atoms with Crippen molar-refractivity contribution in [3.05, 3.63) is 95.1 Å². The van der Waals surface area contributed by atoms with E-state index in [4.69, 9.17) is 10.7 Å². The summed E-state index contributed by atoms with van der Waals surface area (Å²) in [6.07, 6.45) is 0. The minimum Gasteiger partial charge on any atom is -0.494 e. The van der Waals surface area contributed by atoms with Gasteiger partial charge in [0.05, 0.1) is 23.6 Å². The summed E-state index contributed by atoms with van der Waals surface area (Å²) in [5.41, 5.74) is 10.6. The Kier molecular flexibility index (Phi) is 6.53. The predicted octanol–water partition coefficient (Wildman–Crippen LogP) is 3.75. The van der Waals surface area contributed by atoms with Crippen molar-refractivity contribution in [1.82, 2.24) is 15.2 Å². The number of nitrogens with one attached hydrogen (secondary N) is 2. The van der Waals surface area contributed by atoms with Crippen LogP contribution in [-0.4, -0.2) is 47.4 Å². The highest BCUT2D eigenvalue weighted by Gasteiger charge is 2.20. The maximum atomic E-state index is 12.3. The molecule has 33 heavy (non-hydrogen) atoms. The number of aromatic amines is 1. The number of H-pyrrole nitrogens is 1. The van der Waals surface area contributed by atoms with Gasteiger partial charge in [0.25, 0.3) is 5.91 Å². The van der Waals surface area contributed by atoms with Gasteiger partial charge in [0.1, 0.15) is 0 Å². The number of aromatic hydroxyl groups is 1. The highest BCUT2D eigenvalue weighted by Crippen LogP contribution is 2.32. The van der Waals surface area contributed by atoms with Crippen molar-refractivity contribution < 1.29 is 9.90 Å². The van der Waals surface area contributed by atoms with Crippen molar-refractivity contribution in [3.8, 4) is 5.88 Å². The van der Waals surface area contributed by atoms with Gasteiger partial charge in [-0.05, 0) is 50.0 Å². The number of hydrogen-bond donors (Lipinski definition) is 4. The second-order valence-electron chi connectivity index (χ2n) is 8.05. The summed E-state index contributed by atoms with van der Waals surface area (Å²) in [6, 6.07) is 22.9. The normalized spacial score (nSPS) is 11.8. The van der Waals surface area contributed by atoms with Crippen molar-refractivity contribution in [2.24, 2.45) is 10.7 Å². The van der Waals surface area contributed by atoms with E-state index in [9.17, 15) is 9.90 Å². The maximum absolute atomic E-state index is 12.3. The number of aliphatic imine (C=N–C) groups is 1. The monoisotopic (exact) mass is 441 g/mol. The van der Waals surface area contributed by atoms with Crippen molar-refractivity contribution in [1.29, 1.82) is 0 Å². The molecule has 0 aliphatic rings. The largest absolute Gasteiger partial charge is 0.494 e. The smallest absolute Gasteiger partial charge is 0.252 e. The molecule has 0 saturated carbocycles. The molecular weight excluding hydrogens is 414 g/mol. The second-order valence-corrected chi connectivity index (χ2v) is 8.05. The number of fused-ring (bicyclic) bond motifs is 1. The van der Waals surface area contributed by atoms with Crippen molar-refractivity contribution in [3.63, 3.8) is 0 Å². The number of aromatic nitrogens is 1. The third-order valence-corrected chi connectivity index (χ3v) is 5.26. The van der Waals surface area contributed by atoms with Gasteiger partial charge in [0.15, 0.2) is 5.88 Å². The van der Waals surface area contributed by atoms with E-state index in [2.05, 4.69) is 15.2 Å². The van der Waals surface area contributed by atoms with Crippen LogP contribution < -0.4 is 11.1 Å². The molecule has 3 aromatic carbocycles. The van der Waals surface area contributed by atoms with Gasteiger partial charge in [-0.2, -0.15) is 0 Å². The number of nitrogens with two attached hydrogens (primary N) is 1. The molecule has 1 heterocycles. The van der Waals surface area contributed by atoms with Crippen LogP contribution in [0.4, 0.5) is 5.69 Å². The standard InChI is InChI=1S/C26H27N5O2/c1-31(2)15-17-8-11-20(12-9-17)29-24(18-6-4-3-5-7-18)23-21-14-19(25(32)28-16-27)10-13-22(21)30-26(23)33/h3-14,30,33H,15-16,27H2,1-2H3,(H,28,32). The zero-order valence-corrected chi connectivity index (χ0v) is 18.7. The number of hydrogen-bond acceptors (Lipinski definition) is 5. The lowest BCUT2D eigenvalue weighted by atomic mass is 9.99. The summed E-state index contributed by atoms with van der Waals surface area (Å²) in [4.78, 5) is 22.4. The first-order valence-electron chi connectivity index (χ1n) is 10.7. The summed E-state index contributed by atoms with van der Waals surface area (Å²) in [5.74, 6) is -0.283. The Balaban J connectivity index is 1.86. The Bertz CT molecular complexity index is 1290. The van der Waals surface area contributed by atoms with E-state index in [0.29, 0.717) is 27.7 Å². The Morgan fingerprint density at radius 2 is 1.76 bits per heavy atom. The van der Waals surface area contributed by atoms with Gasteiger partial charge >= 0.3 is 0 Å². The topological polar surface area (TPSA) is 107 Å². The molecule has 1 aromatic heterocycles. The molecule has 0 aliphatic heterocycles. The summed E-state index contributed by atoms with van der Waals surface area (Å²) in [5, 5.41) is 14.2. The molecule has 0 aliphatic carbocycles. The summed E-state index contributed by atoms with van der Waals surface area (Å²) >= 11 is 0. The molecule has 7 nitrogen and oxygen atoms in total. The molecule has 0 saturated heterocycles. The molecule has 4 aromatic rings. The Hall–Kier alpha value is -3.94. The minimum absolute atomic E-state index is 0.00628. The van der Waals surface area contributed by atoms with E-state index in [1.807, 2.05) is 68.7 Å². The van der Waals surface area contributed by atoms with E-state index < -0.39 is 0 Å². The number of carbonyl (C=O) groups is 1. The average molecular weight is 442 g/mol. The van der Waals surface area contributed by atoms with Gasteiger partial charge < -0.3 is 26.0 Å². The van der Waals surface area contributed by atoms with Crippen LogP contribution in [0.1, 0.15) is 27.0 Å². The lowest BCUT2D eigenvalue weighted by Crippen LogP contribution is -2.29. The molecule has 0 spiro atoms. The summed E-state index contributed by atoms with van der Waals surface area (Å²) < 4.78 is 0. The number of nitrogens with zero attached hydrogens (tertiary/aromatic N) is 2. The van der Waals surface area contributed by atoms with E-state index in [1.54, 1.807) is 18.2 Å². The molecule has 168 valence electrons. The quantitative estimate of drug-likeness (QED) is 0.259. The number of amides is 1. The minimum atomic E-state index is -0.277. The van der Waals surface area contributed by atoms with Crippen LogP contribution in [0.25, 0.3) is 10.9 Å². The third-order valence-electron chi connectivity index (χ3n) is 5.26. The SMILES string of the molecule is CN(C)Cc1ccc(N=C(c2ccccc2)c2c(O)[nH]c3ccc(C(=O)NCN)cc23)cc1. The highest BCUT2D eigenvalue weighted by atomic mass is 16.3.